The van der Waals surface area contributed by atoms with Crippen LogP contribution in [0.15, 0.2) is 18.0 Å². The van der Waals surface area contributed by atoms with Gasteiger partial charge < -0.3 is 5.41 Å². The van der Waals surface area contributed by atoms with Gasteiger partial charge in [0.2, 0.25) is 0 Å². The summed E-state index contributed by atoms with van der Waals surface area (Å²) >= 11 is 0. The fourth-order valence-electron chi connectivity index (χ4n) is 1.38. The van der Waals surface area contributed by atoms with Crippen LogP contribution in [0.25, 0.3) is 12.3 Å². The number of allylic oxidation sites excluding steroid dienone is 2. The lowest BCUT2D eigenvalue weighted by Gasteiger charge is -2.18. The Morgan fingerprint density at radius 3 is 3.07 bits per heavy atom. The predicted molar refractivity (Wildman–Crippen MR) is 56.3 cm³/mol. The molecule has 0 aliphatic carbocycles. The molecule has 1 atom stereocenters. The standard InChI is InChI=1S/C10H10N4O/c1-10(6-11)3-2-9-12-7-13-14(9)4-8(10)5-15/h2-7,11H,1H3. The summed E-state index contributed by atoms with van der Waals surface area (Å²) in [4.78, 5) is 15.0. The van der Waals surface area contributed by atoms with E-state index in [0.717, 1.165) is 6.29 Å². The second-order valence-corrected chi connectivity index (χ2v) is 3.53. The molecule has 0 saturated heterocycles. The molecule has 2 rings (SSSR count). The molecule has 5 nitrogen and oxygen atoms in total. The molecule has 2 heterocycles. The van der Waals surface area contributed by atoms with Crippen LogP contribution in [0.1, 0.15) is 12.7 Å². The van der Waals surface area contributed by atoms with Gasteiger partial charge in [0, 0.05) is 18.0 Å². The summed E-state index contributed by atoms with van der Waals surface area (Å²) in [5, 5.41) is 11.3. The van der Waals surface area contributed by atoms with E-state index < -0.39 is 5.41 Å². The SMILES string of the molecule is CC1(C=N)C=Cc2ncnn2C=C1C=O. The minimum absolute atomic E-state index is 0.484. The first kappa shape index (κ1) is 9.51. The fourth-order valence-corrected chi connectivity index (χ4v) is 1.38. The van der Waals surface area contributed by atoms with E-state index in [1.165, 1.54) is 17.2 Å². The van der Waals surface area contributed by atoms with Gasteiger partial charge >= 0.3 is 0 Å². The zero-order chi connectivity index (χ0) is 10.9. The Hall–Kier alpha value is -2.04. The molecule has 15 heavy (non-hydrogen) atoms. The van der Waals surface area contributed by atoms with E-state index in [1.54, 1.807) is 25.3 Å². The van der Waals surface area contributed by atoms with Crippen molar-refractivity contribution >= 4 is 24.8 Å². The van der Waals surface area contributed by atoms with Gasteiger partial charge in [-0.1, -0.05) is 6.08 Å². The number of carbonyl (C=O) groups excluding carboxylic acids is 1. The van der Waals surface area contributed by atoms with Crippen LogP contribution in [-0.4, -0.2) is 27.3 Å². The van der Waals surface area contributed by atoms with Crippen LogP contribution < -0.4 is 0 Å². The number of aldehydes is 1. The van der Waals surface area contributed by atoms with Crippen molar-refractivity contribution < 1.29 is 4.79 Å². The summed E-state index contributed by atoms with van der Waals surface area (Å²) < 4.78 is 1.52. The van der Waals surface area contributed by atoms with Gasteiger partial charge in [-0.05, 0) is 13.0 Å². The summed E-state index contributed by atoms with van der Waals surface area (Å²) in [5.74, 6) is 0.653. The lowest BCUT2D eigenvalue weighted by Crippen LogP contribution is -2.18. The van der Waals surface area contributed by atoms with Crippen molar-refractivity contribution in [3.63, 3.8) is 0 Å². The number of rotatable bonds is 2. The largest absolute Gasteiger partial charge is 0.312 e. The van der Waals surface area contributed by atoms with Crippen LogP contribution in [0, 0.1) is 10.8 Å². The summed E-state index contributed by atoms with van der Waals surface area (Å²) in [5.41, 5.74) is -0.192. The van der Waals surface area contributed by atoms with E-state index in [4.69, 9.17) is 5.41 Å². The van der Waals surface area contributed by atoms with Crippen LogP contribution in [0.4, 0.5) is 0 Å². The molecule has 0 aromatic carbocycles. The van der Waals surface area contributed by atoms with E-state index in [-0.39, 0.29) is 0 Å². The number of carbonyl (C=O) groups is 1. The van der Waals surface area contributed by atoms with Gasteiger partial charge in [-0.3, -0.25) is 4.79 Å². The molecule has 0 saturated carbocycles. The second-order valence-electron chi connectivity index (χ2n) is 3.53. The molecular weight excluding hydrogens is 192 g/mol. The molecule has 1 aliphatic rings. The maximum absolute atomic E-state index is 11.0. The first-order valence-electron chi connectivity index (χ1n) is 4.47. The van der Waals surface area contributed by atoms with E-state index >= 15 is 0 Å². The zero-order valence-corrected chi connectivity index (χ0v) is 8.21. The maximum atomic E-state index is 11.0. The molecule has 1 aromatic rings. The van der Waals surface area contributed by atoms with Crippen molar-refractivity contribution in [2.24, 2.45) is 5.41 Å². The average molecular weight is 202 g/mol. The van der Waals surface area contributed by atoms with Crippen LogP contribution in [0.3, 0.4) is 0 Å². The van der Waals surface area contributed by atoms with Gasteiger partial charge in [-0.2, -0.15) is 5.10 Å². The average Bonchev–Trinajstić information content (AvgIpc) is 2.65. The molecule has 1 N–H and O–H groups in total. The Morgan fingerprint density at radius 2 is 2.40 bits per heavy atom. The van der Waals surface area contributed by atoms with Gasteiger partial charge in [0.15, 0.2) is 5.82 Å². The van der Waals surface area contributed by atoms with Gasteiger partial charge in [0.1, 0.15) is 12.6 Å². The zero-order valence-electron chi connectivity index (χ0n) is 8.21. The number of hydrogen-bond donors (Lipinski definition) is 1. The second kappa shape index (κ2) is 3.27. The highest BCUT2D eigenvalue weighted by molar-refractivity contribution is 5.91. The lowest BCUT2D eigenvalue weighted by molar-refractivity contribution is -0.105. The topological polar surface area (TPSA) is 71.6 Å². The Labute approximate surface area is 86.6 Å². The summed E-state index contributed by atoms with van der Waals surface area (Å²) in [7, 11) is 0. The minimum Gasteiger partial charge on any atom is -0.312 e. The van der Waals surface area contributed by atoms with Gasteiger partial charge in [0.25, 0.3) is 0 Å². The number of aromatic nitrogens is 3. The number of hydrogen-bond acceptors (Lipinski definition) is 4. The molecule has 1 aromatic heterocycles. The van der Waals surface area contributed by atoms with Crippen LogP contribution in [0.5, 0.6) is 0 Å². The highest BCUT2D eigenvalue weighted by Crippen LogP contribution is 2.28. The van der Waals surface area contributed by atoms with E-state index in [0.29, 0.717) is 11.4 Å². The van der Waals surface area contributed by atoms with Crippen LogP contribution in [0.2, 0.25) is 0 Å². The first-order valence-corrected chi connectivity index (χ1v) is 4.47. The fraction of sp³-hybridized carbons (Fsp3) is 0.200. The number of nitrogens with zero attached hydrogens (tertiary/aromatic N) is 3. The lowest BCUT2D eigenvalue weighted by atomic mass is 9.84. The van der Waals surface area contributed by atoms with Crippen LogP contribution >= 0.6 is 0 Å². The van der Waals surface area contributed by atoms with E-state index in [2.05, 4.69) is 10.1 Å². The van der Waals surface area contributed by atoms with E-state index in [9.17, 15) is 4.79 Å². The molecule has 5 heteroatoms. The van der Waals surface area contributed by atoms with Crippen LogP contribution in [-0.2, 0) is 4.79 Å². The summed E-state index contributed by atoms with van der Waals surface area (Å²) in [6.45, 7) is 1.79. The smallest absolute Gasteiger partial charge is 0.154 e. The van der Waals surface area contributed by atoms with Gasteiger partial charge in [-0.25, -0.2) is 9.67 Å². The van der Waals surface area contributed by atoms with E-state index in [1.807, 2.05) is 0 Å². The molecule has 0 fully saturated rings. The van der Waals surface area contributed by atoms with Crippen molar-refractivity contribution in [1.29, 1.82) is 5.41 Å². The minimum atomic E-state index is -0.676. The van der Waals surface area contributed by atoms with Crippen molar-refractivity contribution in [3.05, 3.63) is 23.8 Å². The first-order chi connectivity index (χ1) is 7.19. The monoisotopic (exact) mass is 202 g/mol. The molecular formula is C10H10N4O. The summed E-state index contributed by atoms with van der Waals surface area (Å²) in [6.07, 6.45) is 8.52. The van der Waals surface area contributed by atoms with Crippen molar-refractivity contribution in [2.75, 3.05) is 0 Å². The number of fused-ring (bicyclic) bond motifs is 1. The van der Waals surface area contributed by atoms with Crippen molar-refractivity contribution in [3.8, 4) is 0 Å². The maximum Gasteiger partial charge on any atom is 0.154 e. The third-order valence-electron chi connectivity index (χ3n) is 2.49. The van der Waals surface area contributed by atoms with Gasteiger partial charge in [-0.15, -0.1) is 0 Å². The molecule has 0 bridgehead atoms. The third-order valence-corrected chi connectivity index (χ3v) is 2.49. The molecule has 0 spiro atoms. The quantitative estimate of drug-likeness (QED) is 0.574. The molecule has 0 radical (unpaired) electrons. The number of nitrogens with one attached hydrogen (secondary N) is 1. The summed E-state index contributed by atoms with van der Waals surface area (Å²) in [6, 6.07) is 0. The molecule has 0 amide bonds. The van der Waals surface area contributed by atoms with Gasteiger partial charge in [0.05, 0.1) is 5.41 Å². The predicted octanol–water partition coefficient (Wildman–Crippen LogP) is 1.00. The highest BCUT2D eigenvalue weighted by Gasteiger charge is 2.25. The Kier molecular flexibility index (Phi) is 2.07. The molecule has 1 aliphatic heterocycles. The Bertz CT molecular complexity index is 472. The Morgan fingerprint density at radius 1 is 1.60 bits per heavy atom. The highest BCUT2D eigenvalue weighted by atomic mass is 16.1. The normalized spacial score (nSPS) is 23.9. The molecule has 1 unspecified atom stereocenters. The van der Waals surface area contributed by atoms with Crippen molar-refractivity contribution in [1.82, 2.24) is 14.8 Å². The van der Waals surface area contributed by atoms with Crippen molar-refractivity contribution in [2.45, 2.75) is 6.92 Å². The molecule has 76 valence electrons. The third kappa shape index (κ3) is 1.41. The Balaban J connectivity index is 2.62.